The maximum atomic E-state index is 12.3. The molecule has 0 spiro atoms. The smallest absolute Gasteiger partial charge is 0.329 e. The Morgan fingerprint density at radius 3 is 2.64 bits per heavy atom. The summed E-state index contributed by atoms with van der Waals surface area (Å²) >= 11 is 2.88. The Bertz CT molecular complexity index is 898. The van der Waals surface area contributed by atoms with E-state index in [2.05, 4.69) is 15.3 Å². The van der Waals surface area contributed by atoms with Crippen molar-refractivity contribution in [2.45, 2.75) is 17.0 Å². The zero-order valence-corrected chi connectivity index (χ0v) is 17.0. The molecule has 1 aromatic heterocycles. The summed E-state index contributed by atoms with van der Waals surface area (Å²) in [5.74, 6) is 0.695. The van der Waals surface area contributed by atoms with Gasteiger partial charge in [0.2, 0.25) is 5.91 Å². The van der Waals surface area contributed by atoms with Gasteiger partial charge < -0.3 is 15.0 Å². The Morgan fingerprint density at radius 1 is 1.14 bits per heavy atom. The van der Waals surface area contributed by atoms with Crippen molar-refractivity contribution in [1.29, 1.82) is 0 Å². The highest BCUT2D eigenvalue weighted by Gasteiger charge is 2.21. The number of aromatic nitrogens is 2. The van der Waals surface area contributed by atoms with Crippen LogP contribution in [0.2, 0.25) is 0 Å². The summed E-state index contributed by atoms with van der Waals surface area (Å²) in [5.41, 5.74) is 2.95. The second kappa shape index (κ2) is 10.2. The number of benzene rings is 2. The molecule has 0 bridgehead atoms. The van der Waals surface area contributed by atoms with Crippen LogP contribution in [0.3, 0.4) is 0 Å². The van der Waals surface area contributed by atoms with Gasteiger partial charge in [-0.05, 0) is 17.7 Å². The van der Waals surface area contributed by atoms with Crippen LogP contribution in [0.4, 0.5) is 0 Å². The molecule has 0 aliphatic rings. The number of amides is 1. The fourth-order valence-corrected chi connectivity index (χ4v) is 4.24. The predicted molar refractivity (Wildman–Crippen MR) is 113 cm³/mol. The lowest BCUT2D eigenvalue weighted by atomic mass is 10.2. The van der Waals surface area contributed by atoms with E-state index in [-0.39, 0.29) is 11.7 Å². The summed E-state index contributed by atoms with van der Waals surface area (Å²) in [5, 5.41) is 3.43. The molecular weight excluding hydrogens is 394 g/mol. The molecule has 0 saturated heterocycles. The second-order valence-electron chi connectivity index (χ2n) is 5.99. The van der Waals surface area contributed by atoms with Crippen LogP contribution in [-0.2, 0) is 20.1 Å². The number of thioether (sulfide) groups is 2. The summed E-state index contributed by atoms with van der Waals surface area (Å²) in [6.45, 7) is 0. The van der Waals surface area contributed by atoms with Crippen molar-refractivity contribution in [3.8, 4) is 0 Å². The highest BCUT2D eigenvalue weighted by Crippen LogP contribution is 2.19. The minimum Gasteiger partial charge on any atom is -0.467 e. The topological polar surface area (TPSA) is 84.1 Å². The number of hydrogen-bond donors (Lipinski definition) is 2. The summed E-state index contributed by atoms with van der Waals surface area (Å²) in [4.78, 5) is 31.9. The molecule has 8 heteroatoms. The maximum absolute atomic E-state index is 12.3. The van der Waals surface area contributed by atoms with Crippen LogP contribution in [-0.4, -0.2) is 46.5 Å². The predicted octanol–water partition coefficient (Wildman–Crippen LogP) is 3.25. The monoisotopic (exact) mass is 415 g/mol. The van der Waals surface area contributed by atoms with Crippen molar-refractivity contribution in [3.63, 3.8) is 0 Å². The lowest BCUT2D eigenvalue weighted by Crippen LogP contribution is -2.44. The first-order valence-electron chi connectivity index (χ1n) is 8.72. The van der Waals surface area contributed by atoms with E-state index in [1.54, 1.807) is 11.8 Å². The van der Waals surface area contributed by atoms with Crippen molar-refractivity contribution in [3.05, 3.63) is 60.2 Å². The normalized spacial score (nSPS) is 11.9. The standard InChI is InChI=1S/C20H21N3O3S2/c1-26-19(25)17(12-27-11-14-7-3-2-4-8-14)21-18(24)13-28-20-22-15-9-5-6-10-16(15)23-20/h2-10,17H,11-13H2,1H3,(H,21,24)(H,22,23)/t17-/m0/s1. The number of aromatic amines is 1. The van der Waals surface area contributed by atoms with Crippen molar-refractivity contribution >= 4 is 46.4 Å². The molecule has 6 nitrogen and oxygen atoms in total. The third-order valence-corrected chi connectivity index (χ3v) is 5.90. The van der Waals surface area contributed by atoms with Crippen LogP contribution >= 0.6 is 23.5 Å². The van der Waals surface area contributed by atoms with Crippen LogP contribution in [0.15, 0.2) is 59.8 Å². The van der Waals surface area contributed by atoms with Gasteiger partial charge in [-0.15, -0.1) is 0 Å². The molecule has 2 N–H and O–H groups in total. The van der Waals surface area contributed by atoms with Crippen LogP contribution in [0.25, 0.3) is 11.0 Å². The largest absolute Gasteiger partial charge is 0.467 e. The Labute approximate surface area is 171 Å². The molecule has 3 rings (SSSR count). The van der Waals surface area contributed by atoms with Crippen LogP contribution in [0, 0.1) is 0 Å². The van der Waals surface area contributed by atoms with E-state index in [4.69, 9.17) is 4.74 Å². The summed E-state index contributed by atoms with van der Waals surface area (Å²) in [6, 6.07) is 17.0. The molecule has 146 valence electrons. The van der Waals surface area contributed by atoms with E-state index >= 15 is 0 Å². The summed E-state index contributed by atoms with van der Waals surface area (Å²) < 4.78 is 4.83. The van der Waals surface area contributed by atoms with Gasteiger partial charge in [0.05, 0.1) is 23.9 Å². The highest BCUT2D eigenvalue weighted by atomic mass is 32.2. The SMILES string of the molecule is COC(=O)[C@H](CSCc1ccccc1)NC(=O)CSc1nc2ccccc2[nH]1. The van der Waals surface area contributed by atoms with Gasteiger partial charge in [0.1, 0.15) is 6.04 Å². The number of fused-ring (bicyclic) bond motifs is 1. The van der Waals surface area contributed by atoms with Gasteiger partial charge in [0.15, 0.2) is 5.16 Å². The Morgan fingerprint density at radius 2 is 1.89 bits per heavy atom. The molecule has 2 aromatic carbocycles. The molecule has 1 amide bonds. The van der Waals surface area contributed by atoms with Crippen LogP contribution in [0.5, 0.6) is 0 Å². The number of para-hydroxylation sites is 2. The van der Waals surface area contributed by atoms with Gasteiger partial charge in [-0.2, -0.15) is 11.8 Å². The third-order valence-electron chi connectivity index (χ3n) is 3.92. The number of nitrogens with one attached hydrogen (secondary N) is 2. The molecule has 0 saturated carbocycles. The van der Waals surface area contributed by atoms with E-state index < -0.39 is 12.0 Å². The van der Waals surface area contributed by atoms with Gasteiger partial charge in [-0.25, -0.2) is 9.78 Å². The molecule has 0 unspecified atom stereocenters. The number of carbonyl (C=O) groups excluding carboxylic acids is 2. The average Bonchev–Trinajstić information content (AvgIpc) is 3.15. The number of ether oxygens (including phenoxy) is 1. The molecule has 1 heterocycles. The summed E-state index contributed by atoms with van der Waals surface area (Å²) in [6.07, 6.45) is 0. The third kappa shape index (κ3) is 5.77. The number of H-pyrrole nitrogens is 1. The molecule has 0 radical (unpaired) electrons. The number of nitrogens with zero attached hydrogens (tertiary/aromatic N) is 1. The highest BCUT2D eigenvalue weighted by molar-refractivity contribution is 7.99. The van der Waals surface area contributed by atoms with Gasteiger partial charge >= 0.3 is 5.97 Å². The van der Waals surface area contributed by atoms with Crippen molar-refractivity contribution in [2.24, 2.45) is 0 Å². The van der Waals surface area contributed by atoms with Crippen molar-refractivity contribution in [2.75, 3.05) is 18.6 Å². The Hall–Kier alpha value is -2.45. The first-order chi connectivity index (χ1) is 13.7. The Balaban J connectivity index is 1.49. The van der Waals surface area contributed by atoms with Gasteiger partial charge in [0.25, 0.3) is 0 Å². The molecule has 3 aromatic rings. The Kier molecular flexibility index (Phi) is 7.39. The van der Waals surface area contributed by atoms with Gasteiger partial charge in [-0.1, -0.05) is 54.2 Å². The van der Waals surface area contributed by atoms with Crippen LogP contribution < -0.4 is 5.32 Å². The molecule has 28 heavy (non-hydrogen) atoms. The quantitative estimate of drug-likeness (QED) is 0.412. The number of esters is 1. The van der Waals surface area contributed by atoms with Crippen molar-refractivity contribution < 1.29 is 14.3 Å². The number of carbonyl (C=O) groups is 2. The van der Waals surface area contributed by atoms with Gasteiger partial charge in [0, 0.05) is 11.5 Å². The molecule has 0 aliphatic heterocycles. The average molecular weight is 416 g/mol. The molecule has 0 aliphatic carbocycles. The van der Waals surface area contributed by atoms with Crippen LogP contribution in [0.1, 0.15) is 5.56 Å². The first-order valence-corrected chi connectivity index (χ1v) is 10.9. The summed E-state index contributed by atoms with van der Waals surface area (Å²) in [7, 11) is 1.33. The van der Waals surface area contributed by atoms with E-state index in [0.29, 0.717) is 10.9 Å². The number of hydrogen-bond acceptors (Lipinski definition) is 6. The number of methoxy groups -OCH3 is 1. The zero-order chi connectivity index (χ0) is 19.8. The molecule has 0 fully saturated rings. The lowest BCUT2D eigenvalue weighted by Gasteiger charge is -2.16. The van der Waals surface area contributed by atoms with E-state index in [1.807, 2.05) is 54.6 Å². The fourth-order valence-electron chi connectivity index (χ4n) is 2.55. The van der Waals surface area contributed by atoms with E-state index in [9.17, 15) is 9.59 Å². The number of rotatable bonds is 9. The minimum atomic E-state index is -0.678. The minimum absolute atomic E-state index is 0.163. The zero-order valence-electron chi connectivity index (χ0n) is 15.4. The van der Waals surface area contributed by atoms with Crippen molar-refractivity contribution in [1.82, 2.24) is 15.3 Å². The fraction of sp³-hybridized carbons (Fsp3) is 0.250. The molecule has 1 atom stereocenters. The van der Waals surface area contributed by atoms with E-state index in [1.165, 1.54) is 24.4 Å². The number of imidazole rings is 1. The first kappa shape index (κ1) is 20.3. The second-order valence-corrected chi connectivity index (χ2v) is 7.99. The van der Waals surface area contributed by atoms with Gasteiger partial charge in [-0.3, -0.25) is 4.79 Å². The van der Waals surface area contributed by atoms with E-state index in [0.717, 1.165) is 16.8 Å². The molecular formula is C20H21N3O3S2. The maximum Gasteiger partial charge on any atom is 0.329 e. The lowest BCUT2D eigenvalue weighted by molar-refractivity contribution is -0.144.